The van der Waals surface area contributed by atoms with Crippen LogP contribution in [0.1, 0.15) is 30.4 Å². The van der Waals surface area contributed by atoms with Gasteiger partial charge in [0.05, 0.1) is 13.1 Å². The van der Waals surface area contributed by atoms with Gasteiger partial charge in [0.25, 0.3) is 0 Å². The quantitative estimate of drug-likeness (QED) is 0.597. The zero-order valence-corrected chi connectivity index (χ0v) is 16.5. The Morgan fingerprint density at radius 3 is 2.82 bits per heavy atom. The summed E-state index contributed by atoms with van der Waals surface area (Å²) in [6, 6.07) is 9.57. The van der Waals surface area contributed by atoms with E-state index in [2.05, 4.69) is 5.32 Å². The minimum atomic E-state index is 0.0168. The molecule has 0 radical (unpaired) electrons. The van der Waals surface area contributed by atoms with E-state index in [1.807, 2.05) is 44.2 Å². The van der Waals surface area contributed by atoms with Crippen LogP contribution in [0.15, 0.2) is 34.7 Å². The highest BCUT2D eigenvalue weighted by atomic mass is 16.7. The normalized spacial score (nSPS) is 12.4. The monoisotopic (exact) mass is 388 g/mol. The highest BCUT2D eigenvalue weighted by Crippen LogP contribution is 2.33. The van der Waals surface area contributed by atoms with Crippen LogP contribution in [0.2, 0.25) is 0 Å². The average molecular weight is 388 g/mol. The molecule has 0 unspecified atom stereocenters. The molecule has 1 aliphatic rings. The van der Waals surface area contributed by atoms with E-state index in [1.54, 1.807) is 4.90 Å². The van der Waals surface area contributed by atoms with Crippen molar-refractivity contribution in [2.75, 3.05) is 33.1 Å². The first kappa shape index (κ1) is 20.2. The van der Waals surface area contributed by atoms with E-state index in [4.69, 9.17) is 18.6 Å². The molecule has 152 valence electrons. The van der Waals surface area contributed by atoms with Crippen LogP contribution in [-0.4, -0.2) is 43.9 Å². The van der Waals surface area contributed by atoms with Gasteiger partial charge >= 0.3 is 0 Å². The van der Waals surface area contributed by atoms with Gasteiger partial charge in [0.2, 0.25) is 12.7 Å². The van der Waals surface area contributed by atoms with Crippen molar-refractivity contribution < 1.29 is 23.4 Å². The number of carbonyl (C=O) groups excluding carboxylic acids is 1. The van der Waals surface area contributed by atoms with Crippen molar-refractivity contribution in [1.29, 1.82) is 0 Å². The minimum absolute atomic E-state index is 0.0168. The molecule has 1 N–H and O–H groups in total. The highest BCUT2D eigenvalue weighted by molar-refractivity contribution is 5.78. The lowest BCUT2D eigenvalue weighted by molar-refractivity contribution is -0.131. The predicted molar refractivity (Wildman–Crippen MR) is 104 cm³/mol. The number of ether oxygens (including phenoxy) is 3. The molecule has 28 heavy (non-hydrogen) atoms. The standard InChI is InChI=1S/C21H28N2O5/c1-3-25-10-4-9-22-12-21(24)23(14-18-7-5-16(2)28-18)13-17-6-8-19-20(11-17)27-15-26-19/h5-8,11,22H,3-4,9-10,12-15H2,1-2H3. The number of hydrogen-bond acceptors (Lipinski definition) is 6. The molecular weight excluding hydrogens is 360 g/mol. The molecule has 0 fully saturated rings. The van der Waals surface area contributed by atoms with Crippen LogP contribution in [0.3, 0.4) is 0 Å². The van der Waals surface area contributed by atoms with Crippen molar-refractivity contribution in [2.45, 2.75) is 33.4 Å². The largest absolute Gasteiger partial charge is 0.464 e. The molecule has 0 spiro atoms. The van der Waals surface area contributed by atoms with Gasteiger partial charge in [-0.1, -0.05) is 6.07 Å². The third-order valence-corrected chi connectivity index (χ3v) is 4.43. The van der Waals surface area contributed by atoms with Crippen LogP contribution in [0.5, 0.6) is 11.5 Å². The lowest BCUT2D eigenvalue weighted by atomic mass is 10.2. The zero-order chi connectivity index (χ0) is 19.8. The predicted octanol–water partition coefficient (Wildman–Crippen LogP) is 2.86. The molecular formula is C21H28N2O5. The summed E-state index contributed by atoms with van der Waals surface area (Å²) in [5.74, 6) is 3.07. The number of hydrogen-bond donors (Lipinski definition) is 1. The van der Waals surface area contributed by atoms with E-state index in [0.717, 1.165) is 35.8 Å². The van der Waals surface area contributed by atoms with Crippen molar-refractivity contribution in [3.8, 4) is 11.5 Å². The Hall–Kier alpha value is -2.51. The maximum absolute atomic E-state index is 12.8. The Balaban J connectivity index is 1.60. The second-order valence-corrected chi connectivity index (χ2v) is 6.68. The van der Waals surface area contributed by atoms with E-state index < -0.39 is 0 Å². The third-order valence-electron chi connectivity index (χ3n) is 4.43. The van der Waals surface area contributed by atoms with Crippen molar-refractivity contribution >= 4 is 5.91 Å². The van der Waals surface area contributed by atoms with Crippen molar-refractivity contribution in [3.63, 3.8) is 0 Å². The van der Waals surface area contributed by atoms with Crippen molar-refractivity contribution in [1.82, 2.24) is 10.2 Å². The van der Waals surface area contributed by atoms with Gasteiger partial charge in [0, 0.05) is 19.8 Å². The fraction of sp³-hybridized carbons (Fsp3) is 0.476. The minimum Gasteiger partial charge on any atom is -0.464 e. The summed E-state index contributed by atoms with van der Waals surface area (Å²) in [4.78, 5) is 14.6. The molecule has 2 aromatic rings. The number of furan rings is 1. The highest BCUT2D eigenvalue weighted by Gasteiger charge is 2.19. The van der Waals surface area contributed by atoms with Gasteiger partial charge in [-0.2, -0.15) is 0 Å². The SMILES string of the molecule is CCOCCCNCC(=O)N(Cc1ccc2c(c1)OCO2)Cc1ccc(C)o1. The summed E-state index contributed by atoms with van der Waals surface area (Å²) in [6.45, 7) is 7.42. The molecule has 2 heterocycles. The van der Waals surface area contributed by atoms with Gasteiger partial charge in [0.1, 0.15) is 11.5 Å². The van der Waals surface area contributed by atoms with E-state index in [-0.39, 0.29) is 19.2 Å². The molecule has 1 amide bonds. The fourth-order valence-corrected chi connectivity index (χ4v) is 3.00. The number of nitrogens with one attached hydrogen (secondary N) is 1. The number of carbonyl (C=O) groups is 1. The Morgan fingerprint density at radius 1 is 1.18 bits per heavy atom. The number of amides is 1. The van der Waals surface area contributed by atoms with E-state index in [0.29, 0.717) is 32.1 Å². The van der Waals surface area contributed by atoms with Gasteiger partial charge in [-0.05, 0) is 56.6 Å². The molecule has 0 aliphatic carbocycles. The first-order valence-electron chi connectivity index (χ1n) is 9.65. The van der Waals surface area contributed by atoms with Crippen LogP contribution in [0, 0.1) is 6.92 Å². The lowest BCUT2D eigenvalue weighted by Gasteiger charge is -2.22. The molecule has 0 atom stereocenters. The number of aryl methyl sites for hydroxylation is 1. The van der Waals surface area contributed by atoms with E-state index in [1.165, 1.54) is 0 Å². The Labute approximate surface area is 165 Å². The summed E-state index contributed by atoms with van der Waals surface area (Å²) in [6.07, 6.45) is 0.876. The molecule has 0 saturated heterocycles. The zero-order valence-electron chi connectivity index (χ0n) is 16.5. The van der Waals surface area contributed by atoms with Crippen LogP contribution in [0.25, 0.3) is 0 Å². The molecule has 0 bridgehead atoms. The van der Waals surface area contributed by atoms with Crippen molar-refractivity contribution in [2.24, 2.45) is 0 Å². The van der Waals surface area contributed by atoms with Gasteiger partial charge in [0.15, 0.2) is 11.5 Å². The summed E-state index contributed by atoms with van der Waals surface area (Å²) in [5.41, 5.74) is 0.984. The number of rotatable bonds is 11. The van der Waals surface area contributed by atoms with E-state index in [9.17, 15) is 4.79 Å². The molecule has 7 heteroatoms. The number of benzene rings is 1. The van der Waals surface area contributed by atoms with Gasteiger partial charge in [-0.25, -0.2) is 0 Å². The Kier molecular flexibility index (Phi) is 7.33. The van der Waals surface area contributed by atoms with Crippen LogP contribution >= 0.6 is 0 Å². The molecule has 1 aliphatic heterocycles. The maximum Gasteiger partial charge on any atom is 0.237 e. The topological polar surface area (TPSA) is 73.2 Å². The molecule has 0 saturated carbocycles. The second kappa shape index (κ2) is 10.1. The average Bonchev–Trinajstić information content (AvgIpc) is 3.32. The summed E-state index contributed by atoms with van der Waals surface area (Å²) in [5, 5.41) is 3.20. The number of nitrogens with zero attached hydrogens (tertiary/aromatic N) is 1. The third kappa shape index (κ3) is 5.74. The molecule has 1 aromatic carbocycles. The van der Waals surface area contributed by atoms with Gasteiger partial charge in [-0.15, -0.1) is 0 Å². The second-order valence-electron chi connectivity index (χ2n) is 6.68. The van der Waals surface area contributed by atoms with Crippen LogP contribution in [0.4, 0.5) is 0 Å². The Morgan fingerprint density at radius 2 is 2.04 bits per heavy atom. The van der Waals surface area contributed by atoms with E-state index >= 15 is 0 Å². The summed E-state index contributed by atoms with van der Waals surface area (Å²) in [7, 11) is 0. The van der Waals surface area contributed by atoms with Crippen molar-refractivity contribution in [3.05, 3.63) is 47.4 Å². The Bertz CT molecular complexity index is 774. The summed E-state index contributed by atoms with van der Waals surface area (Å²) >= 11 is 0. The summed E-state index contributed by atoms with van der Waals surface area (Å²) < 4.78 is 21.8. The first-order valence-corrected chi connectivity index (χ1v) is 9.65. The van der Waals surface area contributed by atoms with Crippen LogP contribution in [-0.2, 0) is 22.6 Å². The van der Waals surface area contributed by atoms with Gasteiger partial charge < -0.3 is 28.8 Å². The van der Waals surface area contributed by atoms with Gasteiger partial charge in [-0.3, -0.25) is 4.79 Å². The fourth-order valence-electron chi connectivity index (χ4n) is 3.00. The maximum atomic E-state index is 12.8. The lowest BCUT2D eigenvalue weighted by Crippen LogP contribution is -2.37. The smallest absolute Gasteiger partial charge is 0.237 e. The number of fused-ring (bicyclic) bond motifs is 1. The molecule has 7 nitrogen and oxygen atoms in total. The first-order chi connectivity index (χ1) is 13.7. The van der Waals surface area contributed by atoms with Crippen LogP contribution < -0.4 is 14.8 Å². The molecule has 1 aromatic heterocycles. The molecule has 3 rings (SSSR count).